The van der Waals surface area contributed by atoms with E-state index in [2.05, 4.69) is 15.2 Å². The van der Waals surface area contributed by atoms with Gasteiger partial charge in [-0.1, -0.05) is 0 Å². The Bertz CT molecular complexity index is 656. The highest BCUT2D eigenvalue weighted by atomic mass is 32.1. The molecule has 0 bridgehead atoms. The fourth-order valence-corrected chi connectivity index (χ4v) is 3.39. The monoisotopic (exact) mass is 319 g/mol. The first-order chi connectivity index (χ1) is 10.6. The molecular formula is C16H18FN3OS. The molecule has 2 aromatic rings. The van der Waals surface area contributed by atoms with Crippen LogP contribution >= 0.6 is 11.3 Å². The summed E-state index contributed by atoms with van der Waals surface area (Å²) in [5.41, 5.74) is 1.59. The third-order valence-corrected chi connectivity index (χ3v) is 4.63. The lowest BCUT2D eigenvalue weighted by molar-refractivity contribution is -0.121. The third-order valence-electron chi connectivity index (χ3n) is 3.87. The molecular weight excluding hydrogens is 301 g/mol. The number of hydrogen-bond acceptors (Lipinski definition) is 4. The van der Waals surface area contributed by atoms with Crippen molar-refractivity contribution >= 4 is 22.4 Å². The SMILES string of the molecule is CN1CCCC(C(=O)Nc2nc(-c3ccc(F)cc3)cs2)C1. The Morgan fingerprint density at radius 3 is 2.91 bits per heavy atom. The highest BCUT2D eigenvalue weighted by Crippen LogP contribution is 2.26. The fourth-order valence-electron chi connectivity index (χ4n) is 2.67. The second-order valence-corrected chi connectivity index (χ2v) is 6.49. The summed E-state index contributed by atoms with van der Waals surface area (Å²) in [5, 5.41) is 5.37. The minimum absolute atomic E-state index is 0.0249. The number of aromatic nitrogens is 1. The molecule has 1 aliphatic heterocycles. The number of thiazole rings is 1. The first-order valence-corrected chi connectivity index (χ1v) is 8.20. The lowest BCUT2D eigenvalue weighted by atomic mass is 9.98. The van der Waals surface area contributed by atoms with E-state index in [1.165, 1.54) is 23.5 Å². The number of hydrogen-bond donors (Lipinski definition) is 1. The molecule has 1 aliphatic rings. The van der Waals surface area contributed by atoms with Crippen LogP contribution in [-0.4, -0.2) is 35.9 Å². The van der Waals surface area contributed by atoms with E-state index in [1.807, 2.05) is 12.4 Å². The highest BCUT2D eigenvalue weighted by molar-refractivity contribution is 7.14. The molecule has 3 rings (SSSR count). The summed E-state index contributed by atoms with van der Waals surface area (Å²) >= 11 is 1.39. The smallest absolute Gasteiger partial charge is 0.230 e. The van der Waals surface area contributed by atoms with Crippen LogP contribution in [0, 0.1) is 11.7 Å². The van der Waals surface area contributed by atoms with E-state index < -0.39 is 0 Å². The molecule has 0 aliphatic carbocycles. The second-order valence-electron chi connectivity index (χ2n) is 5.64. The molecule has 4 nitrogen and oxygen atoms in total. The molecule has 1 unspecified atom stereocenters. The molecule has 1 amide bonds. The minimum atomic E-state index is -0.270. The number of anilines is 1. The zero-order valence-corrected chi connectivity index (χ0v) is 13.2. The number of nitrogens with zero attached hydrogens (tertiary/aromatic N) is 2. The second kappa shape index (κ2) is 6.54. The summed E-state index contributed by atoms with van der Waals surface area (Å²) in [5.74, 6) is -0.211. The predicted octanol–water partition coefficient (Wildman–Crippen LogP) is 3.23. The van der Waals surface area contributed by atoms with Gasteiger partial charge >= 0.3 is 0 Å². The molecule has 1 aromatic heterocycles. The average molecular weight is 319 g/mol. The molecule has 0 saturated carbocycles. The molecule has 1 fully saturated rings. The van der Waals surface area contributed by atoms with Gasteiger partial charge in [-0.25, -0.2) is 9.37 Å². The van der Waals surface area contributed by atoms with Gasteiger partial charge in [-0.05, 0) is 50.7 Å². The van der Waals surface area contributed by atoms with Crippen molar-refractivity contribution in [1.82, 2.24) is 9.88 Å². The van der Waals surface area contributed by atoms with Gasteiger partial charge in [0.25, 0.3) is 0 Å². The Labute approximate surface area is 133 Å². The number of carbonyl (C=O) groups is 1. The molecule has 22 heavy (non-hydrogen) atoms. The number of likely N-dealkylation sites (tertiary alicyclic amines) is 1. The highest BCUT2D eigenvalue weighted by Gasteiger charge is 2.24. The van der Waals surface area contributed by atoms with Crippen LogP contribution < -0.4 is 5.32 Å². The molecule has 2 heterocycles. The Kier molecular flexibility index (Phi) is 4.49. The normalized spacial score (nSPS) is 19.1. The average Bonchev–Trinajstić information content (AvgIpc) is 2.96. The lowest BCUT2D eigenvalue weighted by Crippen LogP contribution is -2.38. The topological polar surface area (TPSA) is 45.2 Å². The van der Waals surface area contributed by atoms with Crippen molar-refractivity contribution < 1.29 is 9.18 Å². The number of halogens is 1. The van der Waals surface area contributed by atoms with Crippen LogP contribution in [-0.2, 0) is 4.79 Å². The summed E-state index contributed by atoms with van der Waals surface area (Å²) in [6, 6.07) is 6.19. The predicted molar refractivity (Wildman–Crippen MR) is 86.4 cm³/mol. The number of nitrogens with one attached hydrogen (secondary N) is 1. The molecule has 6 heteroatoms. The maximum Gasteiger partial charge on any atom is 0.230 e. The fraction of sp³-hybridized carbons (Fsp3) is 0.375. The van der Waals surface area contributed by atoms with Crippen molar-refractivity contribution in [2.75, 3.05) is 25.5 Å². The number of piperidine rings is 1. The quantitative estimate of drug-likeness (QED) is 0.945. The van der Waals surface area contributed by atoms with Gasteiger partial charge in [-0.15, -0.1) is 11.3 Å². The maximum atomic E-state index is 12.9. The van der Waals surface area contributed by atoms with Gasteiger partial charge in [0.05, 0.1) is 11.6 Å². The van der Waals surface area contributed by atoms with Crippen LogP contribution in [0.4, 0.5) is 9.52 Å². The van der Waals surface area contributed by atoms with E-state index in [-0.39, 0.29) is 17.6 Å². The molecule has 1 N–H and O–H groups in total. The summed E-state index contributed by atoms with van der Waals surface area (Å²) < 4.78 is 12.9. The third kappa shape index (κ3) is 3.51. The zero-order chi connectivity index (χ0) is 15.5. The minimum Gasteiger partial charge on any atom is -0.306 e. The van der Waals surface area contributed by atoms with Crippen molar-refractivity contribution in [3.63, 3.8) is 0 Å². The van der Waals surface area contributed by atoms with Gasteiger partial charge in [0, 0.05) is 17.5 Å². The van der Waals surface area contributed by atoms with Crippen molar-refractivity contribution in [2.45, 2.75) is 12.8 Å². The summed E-state index contributed by atoms with van der Waals surface area (Å²) in [7, 11) is 2.04. The Morgan fingerprint density at radius 2 is 2.18 bits per heavy atom. The first kappa shape index (κ1) is 15.1. The van der Waals surface area contributed by atoms with Gasteiger partial charge in [0.1, 0.15) is 5.82 Å². The maximum absolute atomic E-state index is 12.9. The Hall–Kier alpha value is -1.79. The molecule has 116 valence electrons. The Morgan fingerprint density at radius 1 is 1.41 bits per heavy atom. The molecule has 0 radical (unpaired) electrons. The lowest BCUT2D eigenvalue weighted by Gasteiger charge is -2.28. The van der Waals surface area contributed by atoms with E-state index in [4.69, 9.17) is 0 Å². The molecule has 1 saturated heterocycles. The van der Waals surface area contributed by atoms with Crippen LogP contribution in [0.3, 0.4) is 0 Å². The largest absolute Gasteiger partial charge is 0.306 e. The van der Waals surface area contributed by atoms with Crippen molar-refractivity contribution in [3.05, 3.63) is 35.5 Å². The van der Waals surface area contributed by atoms with Gasteiger partial charge in [0.15, 0.2) is 5.13 Å². The Balaban J connectivity index is 1.66. The van der Waals surface area contributed by atoms with Crippen LogP contribution in [0.1, 0.15) is 12.8 Å². The van der Waals surface area contributed by atoms with Gasteiger partial charge in [-0.3, -0.25) is 4.79 Å². The van der Waals surface area contributed by atoms with Crippen LogP contribution in [0.5, 0.6) is 0 Å². The summed E-state index contributed by atoms with van der Waals surface area (Å²) in [6.07, 6.45) is 1.97. The van der Waals surface area contributed by atoms with Gasteiger partial charge in [0.2, 0.25) is 5.91 Å². The van der Waals surface area contributed by atoms with Crippen LogP contribution in [0.2, 0.25) is 0 Å². The molecule has 1 atom stereocenters. The molecule has 0 spiro atoms. The number of carbonyl (C=O) groups excluding carboxylic acids is 1. The summed E-state index contributed by atoms with van der Waals surface area (Å²) in [6.45, 7) is 1.85. The van der Waals surface area contributed by atoms with E-state index >= 15 is 0 Å². The standard InChI is InChI=1S/C16H18FN3OS/c1-20-8-2-3-12(9-20)15(21)19-16-18-14(10-22-16)11-4-6-13(17)7-5-11/h4-7,10,12H,2-3,8-9H2,1H3,(H,18,19,21). The van der Waals surface area contributed by atoms with E-state index in [0.717, 1.165) is 37.2 Å². The van der Waals surface area contributed by atoms with E-state index in [0.29, 0.717) is 5.13 Å². The molecule has 1 aromatic carbocycles. The number of rotatable bonds is 3. The zero-order valence-electron chi connectivity index (χ0n) is 12.4. The van der Waals surface area contributed by atoms with E-state index in [1.54, 1.807) is 12.1 Å². The van der Waals surface area contributed by atoms with Crippen molar-refractivity contribution in [2.24, 2.45) is 5.92 Å². The van der Waals surface area contributed by atoms with Crippen LogP contribution in [0.25, 0.3) is 11.3 Å². The van der Waals surface area contributed by atoms with Gasteiger partial charge < -0.3 is 10.2 Å². The first-order valence-electron chi connectivity index (χ1n) is 7.33. The van der Waals surface area contributed by atoms with Crippen molar-refractivity contribution in [1.29, 1.82) is 0 Å². The summed E-state index contributed by atoms with van der Waals surface area (Å²) in [4.78, 5) is 18.9. The van der Waals surface area contributed by atoms with Crippen LogP contribution in [0.15, 0.2) is 29.6 Å². The number of benzene rings is 1. The van der Waals surface area contributed by atoms with Crippen molar-refractivity contribution in [3.8, 4) is 11.3 Å². The number of amides is 1. The van der Waals surface area contributed by atoms with Gasteiger partial charge in [-0.2, -0.15) is 0 Å². The van der Waals surface area contributed by atoms with E-state index in [9.17, 15) is 9.18 Å².